The zero-order valence-electron chi connectivity index (χ0n) is 14.8. The molecular weight excluding hydrogens is 308 g/mol. The molecule has 1 amide bonds. The van der Waals surface area contributed by atoms with Gasteiger partial charge in [0.1, 0.15) is 5.60 Å². The highest BCUT2D eigenvalue weighted by atomic mass is 16.6. The quantitative estimate of drug-likeness (QED) is 0.913. The van der Waals surface area contributed by atoms with Gasteiger partial charge < -0.3 is 19.7 Å². The van der Waals surface area contributed by atoms with Gasteiger partial charge in [-0.25, -0.2) is 4.79 Å². The van der Waals surface area contributed by atoms with Crippen molar-refractivity contribution in [3.05, 3.63) is 12.3 Å². The van der Waals surface area contributed by atoms with Gasteiger partial charge in [-0.15, -0.1) is 5.10 Å². The van der Waals surface area contributed by atoms with Crippen LogP contribution in [-0.4, -0.2) is 48.1 Å². The number of amides is 1. The number of fused-ring (bicyclic) bond motifs is 2. The van der Waals surface area contributed by atoms with Gasteiger partial charge in [-0.05, 0) is 45.4 Å². The van der Waals surface area contributed by atoms with E-state index in [0.29, 0.717) is 17.7 Å². The Bertz CT molecular complexity index is 588. The van der Waals surface area contributed by atoms with E-state index in [4.69, 9.17) is 9.47 Å². The highest BCUT2D eigenvalue weighted by Gasteiger charge is 2.43. The first-order valence-corrected chi connectivity index (χ1v) is 8.47. The summed E-state index contributed by atoms with van der Waals surface area (Å²) in [4.78, 5) is 14.4. The van der Waals surface area contributed by atoms with Crippen LogP contribution in [0.25, 0.3) is 0 Å². The number of hydrogen-bond donors (Lipinski definition) is 1. The number of ether oxygens (including phenoxy) is 2. The number of aromatic nitrogens is 2. The Hall–Kier alpha value is -2.05. The van der Waals surface area contributed by atoms with E-state index in [1.165, 1.54) is 0 Å². The number of nitrogens with zero attached hydrogens (tertiary/aromatic N) is 3. The monoisotopic (exact) mass is 334 g/mol. The second-order valence-electron chi connectivity index (χ2n) is 7.63. The molecule has 2 heterocycles. The summed E-state index contributed by atoms with van der Waals surface area (Å²) in [7, 11) is 1.59. The summed E-state index contributed by atoms with van der Waals surface area (Å²) in [5.74, 6) is 1.37. The third-order valence-corrected chi connectivity index (χ3v) is 4.71. The number of piperidine rings is 1. The normalized spacial score (nSPS) is 26.2. The molecule has 1 saturated heterocycles. The lowest BCUT2D eigenvalue weighted by atomic mass is 9.92. The topological polar surface area (TPSA) is 76.6 Å². The number of anilines is 1. The third-order valence-electron chi connectivity index (χ3n) is 4.71. The molecule has 7 heteroatoms. The molecule has 0 spiro atoms. The number of carbonyl (C=O) groups excluding carboxylic acids is 1. The molecule has 1 aromatic rings. The van der Waals surface area contributed by atoms with Crippen molar-refractivity contribution in [2.75, 3.05) is 25.1 Å². The first-order valence-electron chi connectivity index (χ1n) is 8.47. The van der Waals surface area contributed by atoms with Crippen LogP contribution in [0, 0.1) is 11.8 Å². The minimum atomic E-state index is -0.469. The van der Waals surface area contributed by atoms with E-state index in [9.17, 15) is 4.79 Å². The molecule has 3 rings (SSSR count). The molecule has 1 aliphatic carbocycles. The van der Waals surface area contributed by atoms with E-state index in [1.807, 2.05) is 26.8 Å². The second kappa shape index (κ2) is 6.45. The fourth-order valence-electron chi connectivity index (χ4n) is 3.72. The van der Waals surface area contributed by atoms with E-state index >= 15 is 0 Å². The van der Waals surface area contributed by atoms with Crippen LogP contribution in [0.1, 0.15) is 33.6 Å². The molecular formula is C17H26N4O3. The van der Waals surface area contributed by atoms with Crippen LogP contribution in [0.15, 0.2) is 12.3 Å². The number of alkyl carbamates (subject to hydrolysis) is 1. The largest absolute Gasteiger partial charge is 0.480 e. The summed E-state index contributed by atoms with van der Waals surface area (Å²) in [5.41, 5.74) is 0.554. The molecule has 0 unspecified atom stereocenters. The molecule has 2 aliphatic rings. The molecule has 132 valence electrons. The zero-order chi connectivity index (χ0) is 17.3. The van der Waals surface area contributed by atoms with Gasteiger partial charge in [0.15, 0.2) is 0 Å². The van der Waals surface area contributed by atoms with Gasteiger partial charge in [0, 0.05) is 25.2 Å². The lowest BCUT2D eigenvalue weighted by Gasteiger charge is -2.39. The van der Waals surface area contributed by atoms with E-state index in [0.717, 1.165) is 31.6 Å². The molecule has 2 bridgehead atoms. The van der Waals surface area contributed by atoms with Gasteiger partial charge in [-0.1, -0.05) is 0 Å². The smallest absolute Gasteiger partial charge is 0.407 e. The number of carbonyl (C=O) groups is 1. The highest BCUT2D eigenvalue weighted by molar-refractivity contribution is 5.68. The van der Waals surface area contributed by atoms with Crippen molar-refractivity contribution in [1.29, 1.82) is 0 Å². The Morgan fingerprint density at radius 2 is 1.96 bits per heavy atom. The average molecular weight is 334 g/mol. The fraction of sp³-hybridized carbons (Fsp3) is 0.706. The van der Waals surface area contributed by atoms with E-state index in [2.05, 4.69) is 20.4 Å². The van der Waals surface area contributed by atoms with Crippen LogP contribution in [-0.2, 0) is 4.74 Å². The molecule has 1 N–H and O–H groups in total. The molecule has 1 saturated carbocycles. The standard InChI is InChI=1S/C17H26N4O3/c1-17(2,3)24-16(22)19-15-11-5-6-12(15)10-21(9-11)13-7-14(23-4)20-18-8-13/h7-8,11-12,15H,5-6,9-10H2,1-4H3,(H,19,22)/t11-,12+,15+. The van der Waals surface area contributed by atoms with Crippen LogP contribution in [0.3, 0.4) is 0 Å². The molecule has 2 fully saturated rings. The first kappa shape index (κ1) is 16.8. The summed E-state index contributed by atoms with van der Waals surface area (Å²) in [6, 6.07) is 2.10. The van der Waals surface area contributed by atoms with E-state index in [-0.39, 0.29) is 12.1 Å². The first-order chi connectivity index (χ1) is 11.4. The van der Waals surface area contributed by atoms with Crippen LogP contribution < -0.4 is 15.0 Å². The Kier molecular flexibility index (Phi) is 4.51. The highest BCUT2D eigenvalue weighted by Crippen LogP contribution is 2.39. The molecule has 0 radical (unpaired) electrons. The summed E-state index contributed by atoms with van der Waals surface area (Å²) >= 11 is 0. The zero-order valence-corrected chi connectivity index (χ0v) is 14.8. The molecule has 0 aromatic carbocycles. The van der Waals surface area contributed by atoms with Crippen LogP contribution in [0.2, 0.25) is 0 Å². The van der Waals surface area contributed by atoms with Gasteiger partial charge in [0.2, 0.25) is 5.88 Å². The molecule has 1 aromatic heterocycles. The van der Waals surface area contributed by atoms with Gasteiger partial charge >= 0.3 is 6.09 Å². The third kappa shape index (κ3) is 3.71. The summed E-state index contributed by atoms with van der Waals surface area (Å²) < 4.78 is 10.6. The van der Waals surface area contributed by atoms with Crippen LogP contribution in [0.5, 0.6) is 5.88 Å². The second-order valence-corrected chi connectivity index (χ2v) is 7.63. The van der Waals surface area contributed by atoms with Crippen molar-refractivity contribution in [2.45, 2.75) is 45.3 Å². The van der Waals surface area contributed by atoms with Crippen LogP contribution >= 0.6 is 0 Å². The maximum Gasteiger partial charge on any atom is 0.407 e. The lowest BCUT2D eigenvalue weighted by Crippen LogP contribution is -2.53. The Labute approximate surface area is 142 Å². The fourth-order valence-corrected chi connectivity index (χ4v) is 3.72. The number of methoxy groups -OCH3 is 1. The van der Waals surface area contributed by atoms with Crippen molar-refractivity contribution < 1.29 is 14.3 Å². The van der Waals surface area contributed by atoms with Crippen LogP contribution in [0.4, 0.5) is 10.5 Å². The lowest BCUT2D eigenvalue weighted by molar-refractivity contribution is 0.0472. The Balaban J connectivity index is 1.65. The minimum absolute atomic E-state index is 0.188. The van der Waals surface area contributed by atoms with Gasteiger partial charge in [0.05, 0.1) is 19.0 Å². The summed E-state index contributed by atoms with van der Waals surface area (Å²) in [6.45, 7) is 7.44. The van der Waals surface area contributed by atoms with Crippen molar-refractivity contribution in [3.63, 3.8) is 0 Å². The van der Waals surface area contributed by atoms with Crippen molar-refractivity contribution in [2.24, 2.45) is 11.8 Å². The predicted octanol–water partition coefficient (Wildman–Crippen LogP) is 2.22. The maximum absolute atomic E-state index is 12.1. The molecule has 3 atom stereocenters. The average Bonchev–Trinajstić information content (AvgIpc) is 2.75. The number of rotatable bonds is 3. The Morgan fingerprint density at radius 3 is 2.54 bits per heavy atom. The number of hydrogen-bond acceptors (Lipinski definition) is 6. The van der Waals surface area contributed by atoms with Gasteiger partial charge in [0.25, 0.3) is 0 Å². The SMILES string of the molecule is COc1cc(N2C[C@H]3CC[C@@H](C2)[C@H]3NC(=O)OC(C)(C)C)cnn1. The van der Waals surface area contributed by atoms with E-state index < -0.39 is 5.60 Å². The van der Waals surface area contributed by atoms with Gasteiger partial charge in [-0.3, -0.25) is 0 Å². The van der Waals surface area contributed by atoms with Crippen molar-refractivity contribution >= 4 is 11.8 Å². The maximum atomic E-state index is 12.1. The van der Waals surface area contributed by atoms with Gasteiger partial charge in [-0.2, -0.15) is 5.10 Å². The van der Waals surface area contributed by atoms with Crippen molar-refractivity contribution in [1.82, 2.24) is 15.5 Å². The summed E-state index contributed by atoms with van der Waals surface area (Å²) in [6.07, 6.45) is 3.70. The molecule has 1 aliphatic heterocycles. The molecule has 7 nitrogen and oxygen atoms in total. The Morgan fingerprint density at radius 1 is 1.29 bits per heavy atom. The van der Waals surface area contributed by atoms with E-state index in [1.54, 1.807) is 13.3 Å². The minimum Gasteiger partial charge on any atom is -0.480 e. The summed E-state index contributed by atoms with van der Waals surface area (Å²) in [5, 5.41) is 11.0. The molecule has 24 heavy (non-hydrogen) atoms. The van der Waals surface area contributed by atoms with Crippen molar-refractivity contribution in [3.8, 4) is 5.88 Å². The predicted molar refractivity (Wildman–Crippen MR) is 90.2 cm³/mol. The number of nitrogens with one attached hydrogen (secondary N) is 1.